The van der Waals surface area contributed by atoms with Gasteiger partial charge in [-0.05, 0) is 25.1 Å². The van der Waals surface area contributed by atoms with Crippen LogP contribution in [0.4, 0.5) is 0 Å². The Bertz CT molecular complexity index is 879. The molecule has 0 bridgehead atoms. The molecular weight excluding hydrogens is 316 g/mol. The van der Waals surface area contributed by atoms with Crippen molar-refractivity contribution in [3.63, 3.8) is 0 Å². The van der Waals surface area contributed by atoms with Gasteiger partial charge in [0.05, 0.1) is 23.1 Å². The van der Waals surface area contributed by atoms with Gasteiger partial charge in [0.1, 0.15) is 0 Å². The molecule has 0 saturated carbocycles. The van der Waals surface area contributed by atoms with Crippen molar-refractivity contribution in [2.75, 3.05) is 5.75 Å². The summed E-state index contributed by atoms with van der Waals surface area (Å²) < 4.78 is 22.7. The molecule has 0 radical (unpaired) electrons. The first-order valence-electron chi connectivity index (χ1n) is 6.90. The first kappa shape index (κ1) is 15.3. The van der Waals surface area contributed by atoms with Gasteiger partial charge in [-0.25, -0.2) is 18.4 Å². The number of amides is 1. The van der Waals surface area contributed by atoms with E-state index in [1.807, 2.05) is 6.07 Å². The Kier molecular flexibility index (Phi) is 3.91. The lowest BCUT2D eigenvalue weighted by Crippen LogP contribution is -2.36. The van der Waals surface area contributed by atoms with Gasteiger partial charge in [0, 0.05) is 29.6 Å². The molecule has 0 aliphatic carbocycles. The molecule has 8 heteroatoms. The number of aryl methyl sites for hydroxylation is 1. The van der Waals surface area contributed by atoms with Crippen molar-refractivity contribution in [2.45, 2.75) is 13.0 Å². The van der Waals surface area contributed by atoms with Crippen LogP contribution in [0, 0.1) is 6.92 Å². The van der Waals surface area contributed by atoms with Gasteiger partial charge in [0.25, 0.3) is 5.91 Å². The number of nitrogens with one attached hydrogen (secondary N) is 1. The zero-order valence-corrected chi connectivity index (χ0v) is 13.1. The van der Waals surface area contributed by atoms with E-state index in [2.05, 4.69) is 20.3 Å². The fourth-order valence-electron chi connectivity index (χ4n) is 2.24. The van der Waals surface area contributed by atoms with Gasteiger partial charge >= 0.3 is 0 Å². The molecule has 1 aliphatic rings. The summed E-state index contributed by atoms with van der Waals surface area (Å²) in [6, 6.07) is 3.09. The topological polar surface area (TPSA) is 102 Å². The SMILES string of the molecule is Cc1nc(-c2cccnc2)ncc1C(=O)N[C@H]1C=CS(=O)(=O)C1. The second-order valence-corrected chi connectivity index (χ2v) is 7.10. The van der Waals surface area contributed by atoms with Gasteiger partial charge in [-0.3, -0.25) is 9.78 Å². The molecule has 0 saturated heterocycles. The van der Waals surface area contributed by atoms with Crippen molar-refractivity contribution in [2.24, 2.45) is 0 Å². The van der Waals surface area contributed by atoms with Crippen LogP contribution in [0.5, 0.6) is 0 Å². The molecule has 3 rings (SSSR count). The molecule has 0 fully saturated rings. The molecule has 2 aromatic heterocycles. The molecule has 0 unspecified atom stereocenters. The summed E-state index contributed by atoms with van der Waals surface area (Å²) >= 11 is 0. The molecule has 2 aromatic rings. The lowest BCUT2D eigenvalue weighted by Gasteiger charge is -2.11. The molecule has 1 aliphatic heterocycles. The molecule has 1 atom stereocenters. The van der Waals surface area contributed by atoms with Crippen LogP contribution in [0.25, 0.3) is 11.4 Å². The average molecular weight is 330 g/mol. The van der Waals surface area contributed by atoms with Crippen molar-refractivity contribution in [1.29, 1.82) is 0 Å². The normalized spacial score (nSPS) is 18.7. The molecule has 0 spiro atoms. The number of hydrogen-bond donors (Lipinski definition) is 1. The predicted molar refractivity (Wildman–Crippen MR) is 84.2 cm³/mol. The highest BCUT2D eigenvalue weighted by Gasteiger charge is 2.24. The van der Waals surface area contributed by atoms with E-state index < -0.39 is 21.8 Å². The summed E-state index contributed by atoms with van der Waals surface area (Å²) in [5.41, 5.74) is 1.59. The lowest BCUT2D eigenvalue weighted by atomic mass is 10.2. The van der Waals surface area contributed by atoms with Gasteiger partial charge in [-0.15, -0.1) is 0 Å². The summed E-state index contributed by atoms with van der Waals surface area (Å²) in [5.74, 6) is -0.0330. The molecule has 118 valence electrons. The Morgan fingerprint density at radius 2 is 2.17 bits per heavy atom. The molecular formula is C15H14N4O3S. The third-order valence-electron chi connectivity index (χ3n) is 3.39. The number of pyridine rings is 1. The monoisotopic (exact) mass is 330 g/mol. The number of carbonyl (C=O) groups excluding carboxylic acids is 1. The summed E-state index contributed by atoms with van der Waals surface area (Å²) in [7, 11) is -3.21. The smallest absolute Gasteiger partial charge is 0.255 e. The number of aromatic nitrogens is 3. The maximum Gasteiger partial charge on any atom is 0.255 e. The minimum Gasteiger partial charge on any atom is -0.345 e. The highest BCUT2D eigenvalue weighted by atomic mass is 32.2. The van der Waals surface area contributed by atoms with Gasteiger partial charge < -0.3 is 5.32 Å². The zero-order valence-electron chi connectivity index (χ0n) is 12.3. The van der Waals surface area contributed by atoms with Crippen LogP contribution in [-0.4, -0.2) is 41.1 Å². The molecule has 3 heterocycles. The zero-order chi connectivity index (χ0) is 16.4. The Morgan fingerprint density at radius 3 is 2.78 bits per heavy atom. The number of rotatable bonds is 3. The number of carbonyl (C=O) groups is 1. The van der Waals surface area contributed by atoms with E-state index in [0.717, 1.165) is 11.0 Å². The van der Waals surface area contributed by atoms with Gasteiger partial charge in [-0.2, -0.15) is 0 Å². The van der Waals surface area contributed by atoms with Crippen molar-refractivity contribution >= 4 is 15.7 Å². The summed E-state index contributed by atoms with van der Waals surface area (Å²) in [4.78, 5) is 24.8. The molecule has 23 heavy (non-hydrogen) atoms. The Balaban J connectivity index is 1.78. The first-order chi connectivity index (χ1) is 10.9. The summed E-state index contributed by atoms with van der Waals surface area (Å²) in [5, 5.41) is 3.77. The van der Waals surface area contributed by atoms with E-state index >= 15 is 0 Å². The third kappa shape index (κ3) is 3.42. The molecule has 1 amide bonds. The number of nitrogens with zero attached hydrogens (tertiary/aromatic N) is 3. The van der Waals surface area contributed by atoms with Gasteiger partial charge in [0.2, 0.25) is 0 Å². The fourth-order valence-corrected chi connectivity index (χ4v) is 3.47. The van der Waals surface area contributed by atoms with E-state index in [9.17, 15) is 13.2 Å². The Labute approximate surface area is 133 Å². The van der Waals surface area contributed by atoms with E-state index in [-0.39, 0.29) is 5.75 Å². The second-order valence-electron chi connectivity index (χ2n) is 5.17. The highest BCUT2D eigenvalue weighted by Crippen LogP contribution is 2.15. The maximum atomic E-state index is 12.2. The molecule has 1 N–H and O–H groups in total. The largest absolute Gasteiger partial charge is 0.345 e. The van der Waals surface area contributed by atoms with Gasteiger partial charge in [-0.1, -0.05) is 0 Å². The maximum absolute atomic E-state index is 12.2. The second kappa shape index (κ2) is 5.88. The molecule has 7 nitrogen and oxygen atoms in total. The van der Waals surface area contributed by atoms with Crippen molar-refractivity contribution in [3.8, 4) is 11.4 Å². The Morgan fingerprint density at radius 1 is 1.35 bits per heavy atom. The van der Waals surface area contributed by atoms with E-state index in [0.29, 0.717) is 17.1 Å². The minimum atomic E-state index is -3.21. The van der Waals surface area contributed by atoms with E-state index in [4.69, 9.17) is 0 Å². The predicted octanol–water partition coefficient (Wildman–Crippen LogP) is 0.888. The van der Waals surface area contributed by atoms with Crippen molar-refractivity contribution < 1.29 is 13.2 Å². The van der Waals surface area contributed by atoms with Crippen LogP contribution in [0.1, 0.15) is 16.1 Å². The highest BCUT2D eigenvalue weighted by molar-refractivity contribution is 7.94. The first-order valence-corrected chi connectivity index (χ1v) is 8.62. The number of hydrogen-bond acceptors (Lipinski definition) is 6. The molecule has 0 aromatic carbocycles. The summed E-state index contributed by atoms with van der Waals surface area (Å²) in [6.45, 7) is 1.71. The van der Waals surface area contributed by atoms with Crippen molar-refractivity contribution in [3.05, 3.63) is 53.5 Å². The van der Waals surface area contributed by atoms with Crippen LogP contribution < -0.4 is 5.32 Å². The minimum absolute atomic E-state index is 0.119. The van der Waals surface area contributed by atoms with Crippen LogP contribution in [0.3, 0.4) is 0 Å². The lowest BCUT2D eigenvalue weighted by molar-refractivity contribution is 0.0946. The van der Waals surface area contributed by atoms with Gasteiger partial charge in [0.15, 0.2) is 15.7 Å². The van der Waals surface area contributed by atoms with Crippen LogP contribution in [-0.2, 0) is 9.84 Å². The summed E-state index contributed by atoms with van der Waals surface area (Å²) in [6.07, 6.45) is 6.20. The fraction of sp³-hybridized carbons (Fsp3) is 0.200. The standard InChI is InChI=1S/C15H14N4O3S/c1-10-13(15(20)19-12-4-6-23(21,22)9-12)8-17-14(18-10)11-3-2-5-16-7-11/h2-8,12H,9H2,1H3,(H,19,20)/t12-/m0/s1. The van der Waals surface area contributed by atoms with Crippen LogP contribution in [0.2, 0.25) is 0 Å². The van der Waals surface area contributed by atoms with E-state index in [1.165, 1.54) is 12.3 Å². The third-order valence-corrected chi connectivity index (χ3v) is 4.79. The van der Waals surface area contributed by atoms with Crippen molar-refractivity contribution in [1.82, 2.24) is 20.3 Å². The van der Waals surface area contributed by atoms with Crippen LogP contribution in [0.15, 0.2) is 42.2 Å². The average Bonchev–Trinajstić information content (AvgIpc) is 2.86. The van der Waals surface area contributed by atoms with E-state index in [1.54, 1.807) is 25.4 Å². The van der Waals surface area contributed by atoms with Crippen LogP contribution >= 0.6 is 0 Å². The number of sulfone groups is 1. The Hall–Kier alpha value is -2.61. The quantitative estimate of drug-likeness (QED) is 0.896.